The van der Waals surface area contributed by atoms with Crippen molar-refractivity contribution >= 4 is 44.7 Å². The third kappa shape index (κ3) is 2.65. The van der Waals surface area contributed by atoms with Gasteiger partial charge in [-0.05, 0) is 30.7 Å². The molecule has 0 saturated heterocycles. The normalized spacial score (nSPS) is 11.0. The number of rotatable bonds is 2. The van der Waals surface area contributed by atoms with Crippen LogP contribution in [-0.2, 0) is 14.1 Å². The molecule has 0 saturated carbocycles. The molecule has 0 bridgehead atoms. The molecule has 0 aliphatic rings. The van der Waals surface area contributed by atoms with Crippen LogP contribution in [0.4, 0.5) is 5.69 Å². The number of benzene rings is 1. The van der Waals surface area contributed by atoms with Crippen molar-refractivity contribution in [3.63, 3.8) is 0 Å². The predicted molar refractivity (Wildman–Crippen MR) is 96.4 cm³/mol. The predicted octanol–water partition coefficient (Wildman–Crippen LogP) is 2.51. The molecule has 0 atom stereocenters. The first-order chi connectivity index (χ1) is 11.3. The number of thiophene rings is 1. The maximum Gasteiger partial charge on any atom is 0.331 e. The highest BCUT2D eigenvalue weighted by atomic mass is 35.5. The van der Waals surface area contributed by atoms with Gasteiger partial charge in [-0.3, -0.25) is 18.7 Å². The van der Waals surface area contributed by atoms with E-state index in [-0.39, 0.29) is 5.91 Å². The second kappa shape index (κ2) is 5.92. The Kier molecular flexibility index (Phi) is 4.06. The summed E-state index contributed by atoms with van der Waals surface area (Å²) in [5.41, 5.74) is 0.629. The van der Waals surface area contributed by atoms with Crippen molar-refractivity contribution in [3.05, 3.63) is 60.6 Å². The SMILES string of the molecule is Cc1ccc(NC(=O)c2cc3c(=O)n(C)c(=O)n(C)c3s2)c(Cl)c1. The number of nitrogens with one attached hydrogen (secondary N) is 1. The second-order valence-electron chi connectivity index (χ2n) is 5.47. The number of anilines is 1. The van der Waals surface area contributed by atoms with Gasteiger partial charge < -0.3 is 5.32 Å². The van der Waals surface area contributed by atoms with Crippen LogP contribution in [0, 0.1) is 6.92 Å². The molecule has 6 nitrogen and oxygen atoms in total. The molecule has 0 fully saturated rings. The molecule has 0 radical (unpaired) electrons. The lowest BCUT2D eigenvalue weighted by Crippen LogP contribution is -2.36. The first kappa shape index (κ1) is 16.5. The number of aromatic nitrogens is 2. The molecular weight excluding hydrogens is 350 g/mol. The Hall–Kier alpha value is -2.38. The minimum absolute atomic E-state index is 0.333. The van der Waals surface area contributed by atoms with E-state index in [1.165, 1.54) is 17.7 Å². The fourth-order valence-electron chi connectivity index (χ4n) is 2.38. The number of carbonyl (C=O) groups excluding carboxylic acids is 1. The van der Waals surface area contributed by atoms with Crippen LogP contribution in [-0.4, -0.2) is 15.0 Å². The van der Waals surface area contributed by atoms with Gasteiger partial charge in [0.15, 0.2) is 0 Å². The van der Waals surface area contributed by atoms with Gasteiger partial charge in [0.05, 0.1) is 21.0 Å². The van der Waals surface area contributed by atoms with E-state index < -0.39 is 11.2 Å². The summed E-state index contributed by atoms with van der Waals surface area (Å²) in [5, 5.41) is 3.50. The maximum absolute atomic E-state index is 12.5. The van der Waals surface area contributed by atoms with Gasteiger partial charge >= 0.3 is 5.69 Å². The van der Waals surface area contributed by atoms with Crippen LogP contribution in [0.3, 0.4) is 0 Å². The molecule has 2 heterocycles. The molecule has 0 unspecified atom stereocenters. The Bertz CT molecular complexity index is 1090. The van der Waals surface area contributed by atoms with E-state index in [0.717, 1.165) is 21.5 Å². The Morgan fingerprint density at radius 2 is 1.88 bits per heavy atom. The van der Waals surface area contributed by atoms with Gasteiger partial charge in [0, 0.05) is 14.1 Å². The summed E-state index contributed by atoms with van der Waals surface area (Å²) < 4.78 is 2.38. The van der Waals surface area contributed by atoms with E-state index >= 15 is 0 Å². The van der Waals surface area contributed by atoms with E-state index in [2.05, 4.69) is 5.32 Å². The average molecular weight is 364 g/mol. The van der Waals surface area contributed by atoms with Crippen LogP contribution >= 0.6 is 22.9 Å². The van der Waals surface area contributed by atoms with Crippen LogP contribution in [0.25, 0.3) is 10.2 Å². The third-order valence-corrected chi connectivity index (χ3v) is 5.25. The van der Waals surface area contributed by atoms with Crippen LogP contribution < -0.4 is 16.6 Å². The number of fused-ring (bicyclic) bond motifs is 1. The molecule has 3 rings (SSSR count). The molecular formula is C16H14ClN3O3S. The number of nitrogens with zero attached hydrogens (tertiary/aromatic N) is 2. The largest absolute Gasteiger partial charge is 0.331 e. The van der Waals surface area contributed by atoms with Crippen molar-refractivity contribution in [1.29, 1.82) is 0 Å². The van der Waals surface area contributed by atoms with Gasteiger partial charge in [-0.25, -0.2) is 4.79 Å². The summed E-state index contributed by atoms with van der Waals surface area (Å²) in [6, 6.07) is 6.81. The van der Waals surface area contributed by atoms with Crippen LogP contribution in [0.5, 0.6) is 0 Å². The summed E-state index contributed by atoms with van der Waals surface area (Å²) in [6.07, 6.45) is 0. The standard InChI is InChI=1S/C16H14ClN3O3S/c1-8-4-5-11(10(17)6-8)18-13(21)12-7-9-14(22)19(2)16(23)20(3)15(9)24-12/h4-7H,1-3H3,(H,18,21). The van der Waals surface area contributed by atoms with Gasteiger partial charge in [-0.2, -0.15) is 0 Å². The molecule has 0 aliphatic carbocycles. The first-order valence-corrected chi connectivity index (χ1v) is 8.26. The minimum Gasteiger partial charge on any atom is -0.320 e. The van der Waals surface area contributed by atoms with E-state index in [9.17, 15) is 14.4 Å². The fraction of sp³-hybridized carbons (Fsp3) is 0.188. The molecule has 8 heteroatoms. The summed E-state index contributed by atoms with van der Waals surface area (Å²) in [4.78, 5) is 37.4. The van der Waals surface area contributed by atoms with Gasteiger partial charge in [-0.15, -0.1) is 11.3 Å². The highest BCUT2D eigenvalue weighted by molar-refractivity contribution is 7.20. The molecule has 2 aromatic heterocycles. The molecule has 124 valence electrons. The Morgan fingerprint density at radius 3 is 2.54 bits per heavy atom. The Labute approximate surface area is 145 Å². The van der Waals surface area contributed by atoms with Gasteiger partial charge in [0.2, 0.25) is 0 Å². The van der Waals surface area contributed by atoms with E-state index in [1.54, 1.807) is 19.2 Å². The lowest BCUT2D eigenvalue weighted by molar-refractivity contribution is 0.103. The molecule has 1 N–H and O–H groups in total. The number of hydrogen-bond donors (Lipinski definition) is 1. The van der Waals surface area contributed by atoms with Gasteiger partial charge in [0.1, 0.15) is 4.83 Å². The van der Waals surface area contributed by atoms with Gasteiger partial charge in [0.25, 0.3) is 11.5 Å². The van der Waals surface area contributed by atoms with Crippen molar-refractivity contribution in [2.24, 2.45) is 14.1 Å². The van der Waals surface area contributed by atoms with Crippen molar-refractivity contribution in [2.75, 3.05) is 5.32 Å². The number of carbonyl (C=O) groups is 1. The highest BCUT2D eigenvalue weighted by Gasteiger charge is 2.17. The number of hydrogen-bond acceptors (Lipinski definition) is 4. The topological polar surface area (TPSA) is 73.1 Å². The van der Waals surface area contributed by atoms with Crippen LogP contribution in [0.15, 0.2) is 33.9 Å². The minimum atomic E-state index is -0.428. The van der Waals surface area contributed by atoms with E-state index in [4.69, 9.17) is 11.6 Å². The number of amides is 1. The lowest BCUT2D eigenvalue weighted by Gasteiger charge is -2.06. The maximum atomic E-state index is 12.5. The molecule has 3 aromatic rings. The second-order valence-corrected chi connectivity index (χ2v) is 6.91. The number of halogens is 1. The molecule has 1 amide bonds. The van der Waals surface area contributed by atoms with Crippen LogP contribution in [0.2, 0.25) is 5.02 Å². The molecule has 0 aliphatic heterocycles. The molecule has 24 heavy (non-hydrogen) atoms. The Balaban J connectivity index is 2.05. The summed E-state index contributed by atoms with van der Waals surface area (Å²) in [7, 11) is 2.98. The van der Waals surface area contributed by atoms with Crippen molar-refractivity contribution in [2.45, 2.75) is 6.92 Å². The van der Waals surface area contributed by atoms with Crippen LogP contribution in [0.1, 0.15) is 15.2 Å². The summed E-state index contributed by atoms with van der Waals surface area (Å²) >= 11 is 7.21. The average Bonchev–Trinajstić information content (AvgIpc) is 2.99. The highest BCUT2D eigenvalue weighted by Crippen LogP contribution is 2.26. The fourth-order valence-corrected chi connectivity index (χ4v) is 3.66. The van der Waals surface area contributed by atoms with E-state index in [1.807, 2.05) is 13.0 Å². The van der Waals surface area contributed by atoms with Gasteiger partial charge in [-0.1, -0.05) is 17.7 Å². The molecule has 1 aromatic carbocycles. The number of aryl methyl sites for hydroxylation is 2. The smallest absolute Gasteiger partial charge is 0.320 e. The monoisotopic (exact) mass is 363 g/mol. The van der Waals surface area contributed by atoms with Crippen molar-refractivity contribution in [3.8, 4) is 0 Å². The van der Waals surface area contributed by atoms with Crippen molar-refractivity contribution in [1.82, 2.24) is 9.13 Å². The zero-order valence-electron chi connectivity index (χ0n) is 13.2. The molecule has 0 spiro atoms. The van der Waals surface area contributed by atoms with E-state index in [0.29, 0.717) is 25.8 Å². The van der Waals surface area contributed by atoms with Crippen molar-refractivity contribution < 1.29 is 4.79 Å². The third-order valence-electron chi connectivity index (χ3n) is 3.72. The lowest BCUT2D eigenvalue weighted by atomic mass is 10.2. The zero-order valence-corrected chi connectivity index (χ0v) is 14.8. The quantitative estimate of drug-likeness (QED) is 0.760. The Morgan fingerprint density at radius 1 is 1.17 bits per heavy atom. The summed E-state index contributed by atoms with van der Waals surface area (Å²) in [5.74, 6) is -0.378. The zero-order chi connectivity index (χ0) is 17.6. The first-order valence-electron chi connectivity index (χ1n) is 7.06. The summed E-state index contributed by atoms with van der Waals surface area (Å²) in [6.45, 7) is 1.90.